The molecule has 0 unspecified atom stereocenters. The van der Waals surface area contributed by atoms with Gasteiger partial charge in [0.05, 0.1) is 12.1 Å². The lowest BCUT2D eigenvalue weighted by Crippen LogP contribution is -1.82. The van der Waals surface area contributed by atoms with E-state index in [2.05, 4.69) is 6.07 Å². The summed E-state index contributed by atoms with van der Waals surface area (Å²) < 4.78 is 4.85. The van der Waals surface area contributed by atoms with E-state index in [1.54, 1.807) is 12.1 Å². The van der Waals surface area contributed by atoms with E-state index in [9.17, 15) is 0 Å². The Morgan fingerprint density at radius 3 is 2.70 bits per heavy atom. The SMILES string of the molecule is COc1[c]cc(Cl)cc1Cl. The zero-order chi connectivity index (χ0) is 7.56. The van der Waals surface area contributed by atoms with E-state index in [0.717, 1.165) is 0 Å². The van der Waals surface area contributed by atoms with Crippen LogP contribution in [0.5, 0.6) is 5.75 Å². The smallest absolute Gasteiger partial charge is 0.145 e. The molecular formula is C7H5Cl2O. The molecular weight excluding hydrogens is 171 g/mol. The minimum Gasteiger partial charge on any atom is -0.495 e. The van der Waals surface area contributed by atoms with Crippen molar-refractivity contribution in [3.8, 4) is 5.75 Å². The van der Waals surface area contributed by atoms with Gasteiger partial charge in [-0.3, -0.25) is 0 Å². The summed E-state index contributed by atoms with van der Waals surface area (Å²) in [5.41, 5.74) is 0. The molecule has 1 aromatic carbocycles. The van der Waals surface area contributed by atoms with Crippen LogP contribution >= 0.6 is 23.2 Å². The Labute approximate surface area is 69.5 Å². The molecule has 0 amide bonds. The molecule has 0 aliphatic carbocycles. The number of benzene rings is 1. The maximum Gasteiger partial charge on any atom is 0.145 e. The Kier molecular flexibility index (Phi) is 2.41. The molecule has 0 heterocycles. The third-order valence-electron chi connectivity index (χ3n) is 1.03. The summed E-state index contributed by atoms with van der Waals surface area (Å²) in [5.74, 6) is 0.520. The van der Waals surface area contributed by atoms with E-state index in [1.807, 2.05) is 0 Å². The summed E-state index contributed by atoms with van der Waals surface area (Å²) in [4.78, 5) is 0. The largest absolute Gasteiger partial charge is 0.495 e. The number of hydrogen-bond donors (Lipinski definition) is 0. The van der Waals surface area contributed by atoms with Crippen molar-refractivity contribution in [2.24, 2.45) is 0 Å². The first-order valence-corrected chi connectivity index (χ1v) is 3.40. The quantitative estimate of drug-likeness (QED) is 0.639. The minimum atomic E-state index is 0.481. The molecule has 0 saturated carbocycles. The van der Waals surface area contributed by atoms with Gasteiger partial charge in [-0.1, -0.05) is 23.2 Å². The fourth-order valence-corrected chi connectivity index (χ4v) is 1.06. The first-order valence-electron chi connectivity index (χ1n) is 2.65. The van der Waals surface area contributed by atoms with Crippen LogP contribution in [0.3, 0.4) is 0 Å². The fraction of sp³-hybridized carbons (Fsp3) is 0.143. The van der Waals surface area contributed by atoms with Crippen LogP contribution in [-0.2, 0) is 0 Å². The molecule has 0 N–H and O–H groups in total. The van der Waals surface area contributed by atoms with Crippen molar-refractivity contribution in [2.75, 3.05) is 7.11 Å². The van der Waals surface area contributed by atoms with E-state index < -0.39 is 0 Å². The van der Waals surface area contributed by atoms with Crippen molar-refractivity contribution >= 4 is 23.2 Å². The molecule has 0 aromatic heterocycles. The summed E-state index contributed by atoms with van der Waals surface area (Å²) in [7, 11) is 1.53. The standard InChI is InChI=1S/C7H5Cl2O/c1-10-7-3-2-5(8)4-6(7)9/h2,4H,1H3. The van der Waals surface area contributed by atoms with Crippen LogP contribution in [0.1, 0.15) is 0 Å². The molecule has 0 saturated heterocycles. The Balaban J connectivity index is 3.07. The molecule has 0 atom stereocenters. The van der Waals surface area contributed by atoms with Gasteiger partial charge >= 0.3 is 0 Å². The summed E-state index contributed by atoms with van der Waals surface area (Å²) in [6.07, 6.45) is 0. The first kappa shape index (κ1) is 7.70. The molecule has 3 heteroatoms. The van der Waals surface area contributed by atoms with Gasteiger partial charge in [-0.2, -0.15) is 0 Å². The van der Waals surface area contributed by atoms with Gasteiger partial charge in [0, 0.05) is 11.1 Å². The van der Waals surface area contributed by atoms with E-state index in [4.69, 9.17) is 27.9 Å². The van der Waals surface area contributed by atoms with Crippen LogP contribution in [-0.4, -0.2) is 7.11 Å². The van der Waals surface area contributed by atoms with Gasteiger partial charge in [0.1, 0.15) is 5.75 Å². The molecule has 1 rings (SSSR count). The lowest BCUT2D eigenvalue weighted by atomic mass is 10.3. The highest BCUT2D eigenvalue weighted by Crippen LogP contribution is 2.25. The van der Waals surface area contributed by atoms with E-state index in [-0.39, 0.29) is 0 Å². The average molecular weight is 176 g/mol. The number of ether oxygens (including phenoxy) is 1. The molecule has 0 bridgehead atoms. The molecule has 53 valence electrons. The highest BCUT2D eigenvalue weighted by atomic mass is 35.5. The maximum atomic E-state index is 5.69. The lowest BCUT2D eigenvalue weighted by molar-refractivity contribution is 0.414. The van der Waals surface area contributed by atoms with Crippen LogP contribution in [0.2, 0.25) is 10.0 Å². The van der Waals surface area contributed by atoms with Crippen LogP contribution < -0.4 is 4.74 Å². The molecule has 0 spiro atoms. The second-order valence-electron chi connectivity index (χ2n) is 1.70. The third-order valence-corrected chi connectivity index (χ3v) is 1.53. The zero-order valence-corrected chi connectivity index (χ0v) is 6.83. The minimum absolute atomic E-state index is 0.481. The van der Waals surface area contributed by atoms with E-state index in [1.165, 1.54) is 7.11 Å². The van der Waals surface area contributed by atoms with Crippen molar-refractivity contribution in [2.45, 2.75) is 0 Å². The average Bonchev–Trinajstić information content (AvgIpc) is 1.88. The second kappa shape index (κ2) is 3.13. The van der Waals surface area contributed by atoms with Crippen LogP contribution in [0.4, 0.5) is 0 Å². The Bertz CT molecular complexity index is 235. The van der Waals surface area contributed by atoms with Crippen molar-refractivity contribution in [1.29, 1.82) is 0 Å². The van der Waals surface area contributed by atoms with Crippen molar-refractivity contribution in [1.82, 2.24) is 0 Å². The van der Waals surface area contributed by atoms with Gasteiger partial charge in [-0.15, -0.1) is 0 Å². The monoisotopic (exact) mass is 175 g/mol. The maximum absolute atomic E-state index is 5.69. The summed E-state index contributed by atoms with van der Waals surface area (Å²) in [5, 5.41) is 1.04. The van der Waals surface area contributed by atoms with Gasteiger partial charge in [0.15, 0.2) is 0 Å². The van der Waals surface area contributed by atoms with Gasteiger partial charge in [0.25, 0.3) is 0 Å². The Morgan fingerprint density at radius 2 is 2.20 bits per heavy atom. The summed E-state index contributed by atoms with van der Waals surface area (Å²) in [6, 6.07) is 5.98. The molecule has 1 aromatic rings. The van der Waals surface area contributed by atoms with Crippen LogP contribution in [0.25, 0.3) is 0 Å². The fourth-order valence-electron chi connectivity index (χ4n) is 0.588. The van der Waals surface area contributed by atoms with Crippen molar-refractivity contribution < 1.29 is 4.74 Å². The second-order valence-corrected chi connectivity index (χ2v) is 2.54. The first-order chi connectivity index (χ1) is 4.74. The third kappa shape index (κ3) is 1.55. The van der Waals surface area contributed by atoms with Crippen molar-refractivity contribution in [3.05, 3.63) is 28.2 Å². The number of methoxy groups -OCH3 is 1. The van der Waals surface area contributed by atoms with Crippen molar-refractivity contribution in [3.63, 3.8) is 0 Å². The summed E-state index contributed by atoms with van der Waals surface area (Å²) in [6.45, 7) is 0. The van der Waals surface area contributed by atoms with Gasteiger partial charge < -0.3 is 4.74 Å². The molecule has 1 radical (unpaired) electrons. The highest BCUT2D eigenvalue weighted by molar-refractivity contribution is 6.35. The molecule has 0 aliphatic heterocycles. The zero-order valence-electron chi connectivity index (χ0n) is 5.32. The lowest BCUT2D eigenvalue weighted by Gasteiger charge is -2.00. The van der Waals surface area contributed by atoms with Gasteiger partial charge in [-0.05, 0) is 12.1 Å². The normalized spacial score (nSPS) is 9.50. The van der Waals surface area contributed by atoms with Gasteiger partial charge in [-0.25, -0.2) is 0 Å². The Morgan fingerprint density at radius 1 is 1.50 bits per heavy atom. The molecule has 10 heavy (non-hydrogen) atoms. The summed E-state index contributed by atoms with van der Waals surface area (Å²) >= 11 is 11.3. The number of hydrogen-bond acceptors (Lipinski definition) is 1. The number of halogens is 2. The van der Waals surface area contributed by atoms with E-state index in [0.29, 0.717) is 15.8 Å². The molecule has 0 aliphatic rings. The van der Waals surface area contributed by atoms with Crippen LogP contribution in [0, 0.1) is 6.07 Å². The molecule has 1 nitrogen and oxygen atoms in total. The van der Waals surface area contributed by atoms with Crippen LogP contribution in [0.15, 0.2) is 12.1 Å². The Hall–Kier alpha value is -0.400. The highest BCUT2D eigenvalue weighted by Gasteiger charge is 1.98. The predicted molar refractivity (Wildman–Crippen MR) is 41.9 cm³/mol. The topological polar surface area (TPSA) is 9.23 Å². The predicted octanol–water partition coefficient (Wildman–Crippen LogP) is 2.80. The van der Waals surface area contributed by atoms with Gasteiger partial charge in [0.2, 0.25) is 0 Å². The molecule has 0 fully saturated rings. The van der Waals surface area contributed by atoms with E-state index >= 15 is 0 Å². The number of rotatable bonds is 1.